The highest BCUT2D eigenvalue weighted by Crippen LogP contribution is 2.36. The van der Waals surface area contributed by atoms with E-state index in [0.717, 1.165) is 10.5 Å². The number of carbonyl (C=O) groups excluding carboxylic acids is 1. The Balaban J connectivity index is 2.39. The number of fused-ring (bicyclic) bond motifs is 1. The number of carbonyl (C=O) groups is 1. The maximum Gasteiger partial charge on any atom is 0.420 e. The third-order valence-corrected chi connectivity index (χ3v) is 3.28. The number of pyridine rings is 1. The van der Waals surface area contributed by atoms with Gasteiger partial charge in [0.05, 0.1) is 11.8 Å². The molecule has 0 bridgehead atoms. The Kier molecular flexibility index (Phi) is 3.02. The van der Waals surface area contributed by atoms with Crippen LogP contribution in [0.1, 0.15) is 16.1 Å². The van der Waals surface area contributed by atoms with Crippen LogP contribution in [0.2, 0.25) is 5.15 Å². The predicted molar refractivity (Wildman–Crippen MR) is 68.3 cm³/mol. The minimum absolute atomic E-state index is 0.177. The molecule has 0 aliphatic carbocycles. The zero-order chi connectivity index (χ0) is 15.2. The highest BCUT2D eigenvalue weighted by molar-refractivity contribution is 6.32. The van der Waals surface area contributed by atoms with E-state index >= 15 is 0 Å². The van der Waals surface area contributed by atoms with Crippen LogP contribution in [-0.2, 0) is 6.18 Å². The van der Waals surface area contributed by atoms with Gasteiger partial charge in [0.2, 0.25) is 0 Å². The zero-order valence-corrected chi connectivity index (χ0v) is 10.9. The van der Waals surface area contributed by atoms with Gasteiger partial charge >= 0.3 is 6.18 Å². The smallest absolute Gasteiger partial charge is 0.420 e. The molecule has 3 aromatic rings. The maximum absolute atomic E-state index is 13.2. The molecule has 0 saturated carbocycles. The molecule has 0 fully saturated rings. The van der Waals surface area contributed by atoms with Crippen LogP contribution < -0.4 is 0 Å². The van der Waals surface area contributed by atoms with E-state index in [2.05, 4.69) is 4.98 Å². The van der Waals surface area contributed by atoms with E-state index in [0.29, 0.717) is 6.29 Å². The minimum Gasteiger partial charge on any atom is -0.464 e. The molecule has 3 rings (SSSR count). The van der Waals surface area contributed by atoms with Gasteiger partial charge in [-0.05, 0) is 18.2 Å². The molecule has 0 saturated heterocycles. The first kappa shape index (κ1) is 13.7. The first-order chi connectivity index (χ1) is 9.91. The second-order valence-corrected chi connectivity index (χ2v) is 4.57. The molecule has 8 heteroatoms. The number of aromatic nitrogens is 2. The summed E-state index contributed by atoms with van der Waals surface area (Å²) in [4.78, 5) is 14.4. The third kappa shape index (κ3) is 2.19. The van der Waals surface area contributed by atoms with Crippen molar-refractivity contribution >= 4 is 23.5 Å². The lowest BCUT2D eigenvalue weighted by atomic mass is 10.1. The summed E-state index contributed by atoms with van der Waals surface area (Å²) in [5, 5.41) is -0.182. The lowest BCUT2D eigenvalue weighted by molar-refractivity contribution is -0.136. The fourth-order valence-corrected chi connectivity index (χ4v) is 2.21. The van der Waals surface area contributed by atoms with E-state index in [1.54, 1.807) is 6.07 Å². The lowest BCUT2D eigenvalue weighted by Gasteiger charge is -2.10. The lowest BCUT2D eigenvalue weighted by Crippen LogP contribution is -2.08. The standard InChI is InChI=1S/C13H6ClF3N2O2/c14-11-9(6-20)18-12-8(13(15,16)17)4-7(5-19(11)12)10-2-1-3-21-10/h1-6H. The molecule has 0 unspecified atom stereocenters. The fourth-order valence-electron chi connectivity index (χ4n) is 2.00. The van der Waals surface area contributed by atoms with E-state index in [1.165, 1.54) is 18.5 Å². The van der Waals surface area contributed by atoms with Crippen molar-refractivity contribution in [2.24, 2.45) is 0 Å². The van der Waals surface area contributed by atoms with Gasteiger partial charge in [0.1, 0.15) is 16.6 Å². The average molecular weight is 315 g/mol. The van der Waals surface area contributed by atoms with Crippen molar-refractivity contribution in [3.63, 3.8) is 0 Å². The number of rotatable bonds is 2. The normalized spacial score (nSPS) is 12.0. The van der Waals surface area contributed by atoms with Crippen molar-refractivity contribution in [2.45, 2.75) is 6.18 Å². The van der Waals surface area contributed by atoms with Gasteiger partial charge in [-0.3, -0.25) is 9.20 Å². The maximum atomic E-state index is 13.2. The van der Waals surface area contributed by atoms with E-state index < -0.39 is 17.4 Å². The van der Waals surface area contributed by atoms with Crippen molar-refractivity contribution in [2.75, 3.05) is 0 Å². The van der Waals surface area contributed by atoms with Gasteiger partial charge in [-0.25, -0.2) is 4.98 Å². The van der Waals surface area contributed by atoms with Gasteiger partial charge in [0, 0.05) is 11.8 Å². The average Bonchev–Trinajstić information content (AvgIpc) is 3.05. The van der Waals surface area contributed by atoms with E-state index in [4.69, 9.17) is 16.0 Å². The topological polar surface area (TPSA) is 47.5 Å². The quantitative estimate of drug-likeness (QED) is 0.670. The van der Waals surface area contributed by atoms with Crippen LogP contribution in [0.15, 0.2) is 35.1 Å². The molecule has 3 aromatic heterocycles. The van der Waals surface area contributed by atoms with Crippen LogP contribution in [0.5, 0.6) is 0 Å². The highest BCUT2D eigenvalue weighted by Gasteiger charge is 2.35. The Morgan fingerprint density at radius 1 is 1.38 bits per heavy atom. The largest absolute Gasteiger partial charge is 0.464 e. The molecular weight excluding hydrogens is 309 g/mol. The summed E-state index contributed by atoms with van der Waals surface area (Å²) in [5.74, 6) is 0.250. The zero-order valence-electron chi connectivity index (χ0n) is 10.2. The first-order valence-electron chi connectivity index (χ1n) is 5.69. The van der Waals surface area contributed by atoms with Crippen LogP contribution in [0, 0.1) is 0 Å². The molecule has 0 aliphatic rings. The van der Waals surface area contributed by atoms with E-state index in [-0.39, 0.29) is 22.2 Å². The summed E-state index contributed by atoms with van der Waals surface area (Å²) in [6, 6.07) is 3.98. The van der Waals surface area contributed by atoms with Crippen LogP contribution >= 0.6 is 11.6 Å². The van der Waals surface area contributed by atoms with Crippen molar-refractivity contribution < 1.29 is 22.4 Å². The van der Waals surface area contributed by atoms with Crippen molar-refractivity contribution in [1.29, 1.82) is 0 Å². The predicted octanol–water partition coefficient (Wildman–Crippen LogP) is 4.08. The molecule has 0 amide bonds. The van der Waals surface area contributed by atoms with Crippen molar-refractivity contribution in [3.05, 3.63) is 47.1 Å². The molecule has 0 atom stereocenters. The van der Waals surface area contributed by atoms with Gasteiger partial charge in [-0.15, -0.1) is 0 Å². The summed E-state index contributed by atoms with van der Waals surface area (Å²) >= 11 is 5.88. The number of furan rings is 1. The highest BCUT2D eigenvalue weighted by atomic mass is 35.5. The van der Waals surface area contributed by atoms with Crippen molar-refractivity contribution in [3.8, 4) is 11.3 Å². The molecule has 0 spiro atoms. The van der Waals surface area contributed by atoms with Crippen LogP contribution in [-0.4, -0.2) is 15.7 Å². The number of halogens is 4. The minimum atomic E-state index is -4.64. The molecule has 0 radical (unpaired) electrons. The SMILES string of the molecule is O=Cc1nc2c(C(F)(F)F)cc(-c3ccco3)cn2c1Cl. The first-order valence-corrected chi connectivity index (χ1v) is 6.07. The number of hydrogen-bond acceptors (Lipinski definition) is 3. The summed E-state index contributed by atoms with van der Waals surface area (Å²) in [6.07, 6.45) is -1.65. The van der Waals surface area contributed by atoms with Gasteiger partial charge in [-0.2, -0.15) is 13.2 Å². The summed E-state index contributed by atoms with van der Waals surface area (Å²) in [7, 11) is 0. The molecular formula is C13H6ClF3N2O2. The van der Waals surface area contributed by atoms with Crippen molar-refractivity contribution in [1.82, 2.24) is 9.38 Å². The molecule has 0 N–H and O–H groups in total. The number of hydrogen-bond donors (Lipinski definition) is 0. The van der Waals surface area contributed by atoms with Crippen LogP contribution in [0.4, 0.5) is 13.2 Å². The third-order valence-electron chi connectivity index (χ3n) is 2.91. The Labute approximate surface area is 120 Å². The number of imidazole rings is 1. The Bertz CT molecular complexity index is 822. The number of alkyl halides is 3. The molecule has 4 nitrogen and oxygen atoms in total. The molecule has 3 heterocycles. The summed E-state index contributed by atoms with van der Waals surface area (Å²) in [5.41, 5.74) is -1.49. The fraction of sp³-hybridized carbons (Fsp3) is 0.0769. The molecule has 108 valence electrons. The summed E-state index contributed by atoms with van der Waals surface area (Å²) in [6.45, 7) is 0. The Hall–Kier alpha value is -2.28. The van der Waals surface area contributed by atoms with Gasteiger partial charge < -0.3 is 4.42 Å². The second kappa shape index (κ2) is 4.63. The van der Waals surface area contributed by atoms with E-state index in [1.807, 2.05) is 0 Å². The molecule has 0 aromatic carbocycles. The van der Waals surface area contributed by atoms with E-state index in [9.17, 15) is 18.0 Å². The molecule has 0 aliphatic heterocycles. The second-order valence-electron chi connectivity index (χ2n) is 4.22. The Morgan fingerprint density at radius 3 is 2.71 bits per heavy atom. The monoisotopic (exact) mass is 314 g/mol. The Morgan fingerprint density at radius 2 is 2.14 bits per heavy atom. The van der Waals surface area contributed by atoms with Crippen LogP contribution in [0.25, 0.3) is 17.0 Å². The number of aldehydes is 1. The van der Waals surface area contributed by atoms with Gasteiger partial charge in [0.25, 0.3) is 0 Å². The van der Waals surface area contributed by atoms with Gasteiger partial charge in [0.15, 0.2) is 11.9 Å². The molecule has 21 heavy (non-hydrogen) atoms. The number of nitrogens with zero attached hydrogens (tertiary/aromatic N) is 2. The summed E-state index contributed by atoms with van der Waals surface area (Å²) < 4.78 is 45.6. The van der Waals surface area contributed by atoms with Gasteiger partial charge in [-0.1, -0.05) is 11.6 Å². The van der Waals surface area contributed by atoms with Crippen LogP contribution in [0.3, 0.4) is 0 Å².